The average molecular weight is 169 g/mol. The number of para-hydroxylation sites is 1. The largest absolute Gasteiger partial charge is 0.507 e. The first-order chi connectivity index (χ1) is 6.38. The molecule has 1 heteroatoms. The van der Waals surface area contributed by atoms with Crippen molar-refractivity contribution in [2.24, 2.45) is 0 Å². The minimum absolute atomic E-state index is 0.296. The first-order valence-corrected chi connectivity index (χ1v) is 4.13. The normalized spacial score (nSPS) is 9.85. The molecule has 2 aromatic rings. The zero-order valence-electron chi connectivity index (χ0n) is 7.07. The van der Waals surface area contributed by atoms with Gasteiger partial charge >= 0.3 is 0 Å². The van der Waals surface area contributed by atoms with Gasteiger partial charge in [0.1, 0.15) is 5.75 Å². The van der Waals surface area contributed by atoms with E-state index in [1.165, 1.54) is 0 Å². The summed E-state index contributed by atoms with van der Waals surface area (Å²) in [5.41, 5.74) is 1.74. The molecule has 1 nitrogen and oxygen atoms in total. The third-order valence-electron chi connectivity index (χ3n) is 1.90. The van der Waals surface area contributed by atoms with Crippen LogP contribution >= 0.6 is 0 Å². The Morgan fingerprint density at radius 2 is 1.69 bits per heavy atom. The quantitative estimate of drug-likeness (QED) is 0.696. The Bertz CT molecular complexity index is 393. The van der Waals surface area contributed by atoms with E-state index < -0.39 is 0 Å². The Morgan fingerprint density at radius 3 is 2.38 bits per heavy atom. The molecule has 0 bridgehead atoms. The molecule has 0 fully saturated rings. The number of aromatic hydroxyl groups is 1. The van der Waals surface area contributed by atoms with E-state index in [2.05, 4.69) is 6.07 Å². The molecule has 0 amide bonds. The maximum absolute atomic E-state index is 9.54. The molecular weight excluding hydrogens is 160 g/mol. The van der Waals surface area contributed by atoms with Crippen LogP contribution in [0, 0.1) is 6.07 Å². The van der Waals surface area contributed by atoms with E-state index in [0.717, 1.165) is 11.1 Å². The van der Waals surface area contributed by atoms with Crippen LogP contribution in [0.2, 0.25) is 0 Å². The number of phenols is 1. The smallest absolute Gasteiger partial charge is 0.123 e. The maximum Gasteiger partial charge on any atom is 0.123 e. The highest BCUT2D eigenvalue weighted by Crippen LogP contribution is 2.27. The Morgan fingerprint density at radius 1 is 0.923 bits per heavy atom. The number of hydrogen-bond acceptors (Lipinski definition) is 1. The molecule has 0 saturated heterocycles. The molecule has 0 unspecified atom stereocenters. The van der Waals surface area contributed by atoms with Crippen molar-refractivity contribution < 1.29 is 5.11 Å². The SMILES string of the molecule is Oc1ccccc1-c1[c]cccc1. The highest BCUT2D eigenvalue weighted by molar-refractivity contribution is 5.69. The van der Waals surface area contributed by atoms with Crippen molar-refractivity contribution in [2.45, 2.75) is 0 Å². The molecular formula is C12H9O. The molecule has 2 rings (SSSR count). The summed E-state index contributed by atoms with van der Waals surface area (Å²) in [6, 6.07) is 17.9. The summed E-state index contributed by atoms with van der Waals surface area (Å²) in [5.74, 6) is 0.296. The van der Waals surface area contributed by atoms with Crippen LogP contribution in [0.1, 0.15) is 0 Å². The van der Waals surface area contributed by atoms with Crippen LogP contribution in [0.15, 0.2) is 48.5 Å². The Hall–Kier alpha value is -1.76. The van der Waals surface area contributed by atoms with Crippen LogP contribution in [-0.4, -0.2) is 5.11 Å². The van der Waals surface area contributed by atoms with Gasteiger partial charge in [-0.3, -0.25) is 0 Å². The van der Waals surface area contributed by atoms with Crippen molar-refractivity contribution in [3.63, 3.8) is 0 Å². The van der Waals surface area contributed by atoms with Crippen molar-refractivity contribution >= 4 is 0 Å². The Labute approximate surface area is 77.3 Å². The van der Waals surface area contributed by atoms with Crippen molar-refractivity contribution in [1.82, 2.24) is 0 Å². The molecule has 13 heavy (non-hydrogen) atoms. The topological polar surface area (TPSA) is 20.2 Å². The fraction of sp³-hybridized carbons (Fsp3) is 0. The summed E-state index contributed by atoms with van der Waals surface area (Å²) < 4.78 is 0. The lowest BCUT2D eigenvalue weighted by Crippen LogP contribution is -1.77. The van der Waals surface area contributed by atoms with E-state index in [1.807, 2.05) is 42.5 Å². The molecule has 0 aliphatic carbocycles. The summed E-state index contributed by atoms with van der Waals surface area (Å²) in [5, 5.41) is 9.54. The van der Waals surface area contributed by atoms with Crippen molar-refractivity contribution in [3.05, 3.63) is 54.6 Å². The lowest BCUT2D eigenvalue weighted by molar-refractivity contribution is 0.477. The van der Waals surface area contributed by atoms with Crippen molar-refractivity contribution in [3.8, 4) is 16.9 Å². The second kappa shape index (κ2) is 3.31. The number of rotatable bonds is 1. The third kappa shape index (κ3) is 1.54. The molecule has 2 aromatic carbocycles. The summed E-state index contributed by atoms with van der Waals surface area (Å²) in [4.78, 5) is 0. The maximum atomic E-state index is 9.54. The highest BCUT2D eigenvalue weighted by Gasteiger charge is 2.00. The van der Waals surface area contributed by atoms with Gasteiger partial charge in [-0.1, -0.05) is 42.5 Å². The van der Waals surface area contributed by atoms with Gasteiger partial charge in [0.15, 0.2) is 0 Å². The standard InChI is InChI=1S/C12H9O/c13-12-9-5-4-8-11(12)10-6-2-1-3-7-10/h1-6,8-9,13H. The van der Waals surface area contributed by atoms with E-state index >= 15 is 0 Å². The van der Waals surface area contributed by atoms with Gasteiger partial charge in [0, 0.05) is 5.56 Å². The molecule has 0 spiro atoms. The second-order valence-electron chi connectivity index (χ2n) is 2.79. The highest BCUT2D eigenvalue weighted by atomic mass is 16.3. The minimum atomic E-state index is 0.296. The second-order valence-corrected chi connectivity index (χ2v) is 2.79. The van der Waals surface area contributed by atoms with E-state index in [9.17, 15) is 5.11 Å². The predicted molar refractivity (Wildman–Crippen MR) is 52.4 cm³/mol. The summed E-state index contributed by atoms with van der Waals surface area (Å²) in [6.07, 6.45) is 0. The molecule has 1 radical (unpaired) electrons. The summed E-state index contributed by atoms with van der Waals surface area (Å²) >= 11 is 0. The molecule has 0 aromatic heterocycles. The molecule has 0 heterocycles. The van der Waals surface area contributed by atoms with E-state index in [-0.39, 0.29) is 0 Å². The Balaban J connectivity index is 2.54. The zero-order chi connectivity index (χ0) is 9.10. The van der Waals surface area contributed by atoms with Gasteiger partial charge < -0.3 is 5.11 Å². The van der Waals surface area contributed by atoms with Gasteiger partial charge in [-0.05, 0) is 17.7 Å². The van der Waals surface area contributed by atoms with E-state index in [0.29, 0.717) is 5.75 Å². The van der Waals surface area contributed by atoms with Crippen molar-refractivity contribution in [1.29, 1.82) is 0 Å². The number of phenolic OH excluding ortho intramolecular Hbond substituents is 1. The van der Waals surface area contributed by atoms with Gasteiger partial charge in [0.05, 0.1) is 0 Å². The van der Waals surface area contributed by atoms with Crippen LogP contribution in [0.5, 0.6) is 5.75 Å². The monoisotopic (exact) mass is 169 g/mol. The predicted octanol–water partition coefficient (Wildman–Crippen LogP) is 2.86. The summed E-state index contributed by atoms with van der Waals surface area (Å²) in [7, 11) is 0. The number of benzene rings is 2. The van der Waals surface area contributed by atoms with Crippen LogP contribution < -0.4 is 0 Å². The van der Waals surface area contributed by atoms with Gasteiger partial charge in [-0.25, -0.2) is 0 Å². The van der Waals surface area contributed by atoms with Crippen molar-refractivity contribution in [2.75, 3.05) is 0 Å². The van der Waals surface area contributed by atoms with Crippen LogP contribution in [0.4, 0.5) is 0 Å². The van der Waals surface area contributed by atoms with Crippen LogP contribution in [-0.2, 0) is 0 Å². The van der Waals surface area contributed by atoms with Gasteiger partial charge in [0.25, 0.3) is 0 Å². The van der Waals surface area contributed by atoms with Crippen LogP contribution in [0.25, 0.3) is 11.1 Å². The lowest BCUT2D eigenvalue weighted by atomic mass is 10.1. The third-order valence-corrected chi connectivity index (χ3v) is 1.90. The molecule has 0 aliphatic heterocycles. The van der Waals surface area contributed by atoms with Gasteiger partial charge in [0.2, 0.25) is 0 Å². The fourth-order valence-electron chi connectivity index (χ4n) is 1.26. The van der Waals surface area contributed by atoms with Crippen LogP contribution in [0.3, 0.4) is 0 Å². The average Bonchev–Trinajstić information content (AvgIpc) is 2.20. The Kier molecular flexibility index (Phi) is 2.01. The molecule has 0 saturated carbocycles. The number of hydrogen-bond donors (Lipinski definition) is 1. The fourth-order valence-corrected chi connectivity index (χ4v) is 1.26. The van der Waals surface area contributed by atoms with E-state index in [1.54, 1.807) is 6.07 Å². The molecule has 0 atom stereocenters. The minimum Gasteiger partial charge on any atom is -0.507 e. The molecule has 1 N–H and O–H groups in total. The molecule has 63 valence electrons. The molecule has 0 aliphatic rings. The lowest BCUT2D eigenvalue weighted by Gasteiger charge is -2.02. The first-order valence-electron chi connectivity index (χ1n) is 4.13. The van der Waals surface area contributed by atoms with E-state index in [4.69, 9.17) is 0 Å². The van der Waals surface area contributed by atoms with Gasteiger partial charge in [-0.15, -0.1) is 0 Å². The first kappa shape index (κ1) is 7.87. The zero-order valence-corrected chi connectivity index (χ0v) is 7.07. The van der Waals surface area contributed by atoms with Gasteiger partial charge in [-0.2, -0.15) is 0 Å². The summed E-state index contributed by atoms with van der Waals surface area (Å²) in [6.45, 7) is 0.